The summed E-state index contributed by atoms with van der Waals surface area (Å²) in [5, 5.41) is 18.3. The van der Waals surface area contributed by atoms with Gasteiger partial charge in [0.05, 0.1) is 0 Å². The maximum atomic E-state index is 9.13. The van der Waals surface area contributed by atoms with Crippen LogP contribution in [0.2, 0.25) is 0 Å². The summed E-state index contributed by atoms with van der Waals surface area (Å²) >= 11 is 0. The number of aliphatic hydroxyl groups is 2. The Morgan fingerprint density at radius 1 is 0.667 bits per heavy atom. The van der Waals surface area contributed by atoms with E-state index in [4.69, 9.17) is 10.2 Å². The van der Waals surface area contributed by atoms with Crippen molar-refractivity contribution in [1.29, 1.82) is 0 Å². The molecule has 0 unspecified atom stereocenters. The minimum atomic E-state index is -1.55. The lowest BCUT2D eigenvalue weighted by Crippen LogP contribution is -2.21. The molecule has 0 radical (unpaired) electrons. The third kappa shape index (κ3) is 19.7. The quantitative estimate of drug-likeness (QED) is 0.230. The van der Waals surface area contributed by atoms with Crippen LogP contribution in [0.3, 0.4) is 0 Å². The summed E-state index contributed by atoms with van der Waals surface area (Å²) in [6, 6.07) is 0. The van der Waals surface area contributed by atoms with E-state index in [2.05, 4.69) is 13.0 Å². The molecule has 0 fully saturated rings. The van der Waals surface area contributed by atoms with Crippen molar-refractivity contribution in [3.63, 3.8) is 0 Å². The zero-order valence-corrected chi connectivity index (χ0v) is 14.4. The van der Waals surface area contributed by atoms with Crippen molar-refractivity contribution < 1.29 is 10.2 Å². The smallest absolute Gasteiger partial charge is 0.163 e. The molecule has 0 saturated carbocycles. The second kappa shape index (κ2) is 14.6. The molecule has 0 saturated heterocycles. The summed E-state index contributed by atoms with van der Waals surface area (Å²) in [6.45, 7) is 3.69. The van der Waals surface area contributed by atoms with Crippen molar-refractivity contribution in [3.8, 4) is 0 Å². The average Bonchev–Trinajstić information content (AvgIpc) is 2.42. The highest BCUT2D eigenvalue weighted by atomic mass is 16.5. The number of unbranched alkanes of at least 4 members (excludes halogenated alkanes) is 12. The molecule has 0 rings (SSSR count). The van der Waals surface area contributed by atoms with E-state index in [-0.39, 0.29) is 0 Å². The number of hydrogen-bond acceptors (Lipinski definition) is 2. The summed E-state index contributed by atoms with van der Waals surface area (Å²) in [6.07, 6.45) is 21.9. The van der Waals surface area contributed by atoms with Gasteiger partial charge in [-0.3, -0.25) is 0 Å². The molecule has 0 heterocycles. The summed E-state index contributed by atoms with van der Waals surface area (Å²) in [4.78, 5) is 0. The normalized spacial score (nSPS) is 12.4. The molecule has 0 bridgehead atoms. The van der Waals surface area contributed by atoms with Gasteiger partial charge >= 0.3 is 0 Å². The second-order valence-electron chi connectivity index (χ2n) is 6.57. The molecular formula is C19H38O2. The van der Waals surface area contributed by atoms with Crippen LogP contribution in [0.1, 0.15) is 104 Å². The van der Waals surface area contributed by atoms with Gasteiger partial charge in [-0.2, -0.15) is 0 Å². The van der Waals surface area contributed by atoms with Gasteiger partial charge < -0.3 is 10.2 Å². The maximum Gasteiger partial charge on any atom is 0.163 e. The van der Waals surface area contributed by atoms with E-state index >= 15 is 0 Å². The summed E-state index contributed by atoms with van der Waals surface area (Å²) in [7, 11) is 0. The van der Waals surface area contributed by atoms with Crippen LogP contribution in [0.15, 0.2) is 12.2 Å². The summed E-state index contributed by atoms with van der Waals surface area (Å²) in [5.41, 5.74) is 0. The molecule has 2 N–H and O–H groups in total. The van der Waals surface area contributed by atoms with Crippen molar-refractivity contribution in [1.82, 2.24) is 0 Å². The van der Waals surface area contributed by atoms with Crippen LogP contribution in [-0.2, 0) is 0 Å². The Kier molecular flexibility index (Phi) is 14.4. The SMILES string of the molecule is CCCCCCCCCCCCCC/C=C/CC(C)(O)O. The van der Waals surface area contributed by atoms with Crippen molar-refractivity contribution in [2.45, 2.75) is 110 Å². The molecule has 0 aromatic carbocycles. The Bertz CT molecular complexity index is 228. The molecule has 0 spiro atoms. The third-order valence-corrected chi connectivity index (χ3v) is 3.90. The molecule has 0 aliphatic carbocycles. The van der Waals surface area contributed by atoms with Crippen molar-refractivity contribution in [3.05, 3.63) is 12.2 Å². The molecule has 0 amide bonds. The molecular weight excluding hydrogens is 260 g/mol. The van der Waals surface area contributed by atoms with Crippen LogP contribution in [0.4, 0.5) is 0 Å². The fraction of sp³-hybridized carbons (Fsp3) is 0.895. The van der Waals surface area contributed by atoms with Crippen molar-refractivity contribution in [2.75, 3.05) is 0 Å². The first-order chi connectivity index (χ1) is 10.1. The van der Waals surface area contributed by atoms with Crippen LogP contribution in [0.5, 0.6) is 0 Å². The van der Waals surface area contributed by atoms with Crippen LogP contribution >= 0.6 is 0 Å². The van der Waals surface area contributed by atoms with E-state index < -0.39 is 5.79 Å². The fourth-order valence-corrected chi connectivity index (χ4v) is 2.53. The van der Waals surface area contributed by atoms with Gasteiger partial charge in [0.1, 0.15) is 0 Å². The standard InChI is InChI=1S/C19H38O2/c1-3-4-5-6-7-8-9-10-11-12-13-14-15-16-17-18-19(2,20)21/h16-17,20-21H,3-15,18H2,1-2H3/b17-16+. The zero-order chi connectivity index (χ0) is 15.8. The molecule has 2 heteroatoms. The van der Waals surface area contributed by atoms with E-state index in [0.29, 0.717) is 6.42 Å². The fourth-order valence-electron chi connectivity index (χ4n) is 2.53. The largest absolute Gasteiger partial charge is 0.366 e. The molecule has 0 aliphatic heterocycles. The monoisotopic (exact) mass is 298 g/mol. The molecule has 126 valence electrons. The Balaban J connectivity index is 3.09. The van der Waals surface area contributed by atoms with E-state index in [1.165, 1.54) is 84.0 Å². The lowest BCUT2D eigenvalue weighted by molar-refractivity contribution is -0.140. The van der Waals surface area contributed by atoms with Gasteiger partial charge in [-0.1, -0.05) is 89.7 Å². The second-order valence-corrected chi connectivity index (χ2v) is 6.57. The minimum absolute atomic E-state index is 0.325. The molecule has 0 aromatic heterocycles. The van der Waals surface area contributed by atoms with Gasteiger partial charge in [0.2, 0.25) is 0 Å². The molecule has 0 aliphatic rings. The molecule has 21 heavy (non-hydrogen) atoms. The van der Waals surface area contributed by atoms with Crippen LogP contribution in [-0.4, -0.2) is 16.0 Å². The highest BCUT2D eigenvalue weighted by Gasteiger charge is 2.10. The van der Waals surface area contributed by atoms with Crippen LogP contribution < -0.4 is 0 Å². The topological polar surface area (TPSA) is 40.5 Å². The predicted octanol–water partition coefficient (Wildman–Crippen LogP) is 5.72. The minimum Gasteiger partial charge on any atom is -0.366 e. The maximum absolute atomic E-state index is 9.13. The molecule has 0 aromatic rings. The number of allylic oxidation sites excluding steroid dienone is 1. The Morgan fingerprint density at radius 3 is 1.52 bits per heavy atom. The first-order valence-electron chi connectivity index (χ1n) is 9.16. The lowest BCUT2D eigenvalue weighted by Gasteiger charge is -2.11. The Hall–Kier alpha value is -0.340. The number of hydrogen-bond donors (Lipinski definition) is 2. The Labute approximate surface area is 132 Å². The van der Waals surface area contributed by atoms with Crippen molar-refractivity contribution in [2.24, 2.45) is 0 Å². The summed E-state index contributed by atoms with van der Waals surface area (Å²) < 4.78 is 0. The van der Waals surface area contributed by atoms with Gasteiger partial charge in [-0.25, -0.2) is 0 Å². The first-order valence-corrected chi connectivity index (χ1v) is 9.16. The van der Waals surface area contributed by atoms with Gasteiger partial charge in [-0.05, 0) is 19.8 Å². The molecule has 2 nitrogen and oxygen atoms in total. The van der Waals surface area contributed by atoms with E-state index in [1.54, 1.807) is 0 Å². The lowest BCUT2D eigenvalue weighted by atomic mass is 10.0. The predicted molar refractivity (Wildman–Crippen MR) is 92.3 cm³/mol. The van der Waals surface area contributed by atoms with Gasteiger partial charge in [0, 0.05) is 6.42 Å². The van der Waals surface area contributed by atoms with E-state index in [1.807, 2.05) is 6.08 Å². The third-order valence-electron chi connectivity index (χ3n) is 3.90. The van der Waals surface area contributed by atoms with Crippen LogP contribution in [0.25, 0.3) is 0 Å². The van der Waals surface area contributed by atoms with Gasteiger partial charge in [-0.15, -0.1) is 0 Å². The Morgan fingerprint density at radius 2 is 1.10 bits per heavy atom. The van der Waals surface area contributed by atoms with E-state index in [0.717, 1.165) is 6.42 Å². The highest BCUT2D eigenvalue weighted by Crippen LogP contribution is 2.13. The van der Waals surface area contributed by atoms with Gasteiger partial charge in [0.15, 0.2) is 5.79 Å². The zero-order valence-electron chi connectivity index (χ0n) is 14.4. The highest BCUT2D eigenvalue weighted by molar-refractivity contribution is 4.84. The average molecular weight is 299 g/mol. The van der Waals surface area contributed by atoms with E-state index in [9.17, 15) is 0 Å². The summed E-state index contributed by atoms with van der Waals surface area (Å²) in [5.74, 6) is -1.55. The first kappa shape index (κ1) is 20.7. The van der Waals surface area contributed by atoms with Crippen LogP contribution in [0, 0.1) is 0 Å². The molecule has 0 atom stereocenters. The van der Waals surface area contributed by atoms with Crippen molar-refractivity contribution >= 4 is 0 Å². The number of rotatable bonds is 15. The van der Waals surface area contributed by atoms with Gasteiger partial charge in [0.25, 0.3) is 0 Å².